The molecule has 0 fully saturated rings. The van der Waals surface area contributed by atoms with Gasteiger partial charge < -0.3 is 9.88 Å². The zero-order chi connectivity index (χ0) is 13.2. The molecule has 5 heteroatoms. The van der Waals surface area contributed by atoms with Gasteiger partial charge in [-0.3, -0.25) is 4.98 Å². The number of hydrogen-bond acceptors (Lipinski definition) is 4. The molecule has 0 aliphatic heterocycles. The lowest BCUT2D eigenvalue weighted by Gasteiger charge is -2.06. The van der Waals surface area contributed by atoms with E-state index in [1.54, 1.807) is 12.5 Å². The van der Waals surface area contributed by atoms with Crippen LogP contribution in [0.25, 0.3) is 11.0 Å². The molecule has 0 atom stereocenters. The van der Waals surface area contributed by atoms with Crippen molar-refractivity contribution >= 4 is 16.9 Å². The largest absolute Gasteiger partial charge is 0.363 e. The number of rotatable bonds is 3. The van der Waals surface area contributed by atoms with E-state index in [1.165, 1.54) is 0 Å². The Balaban J connectivity index is 1.86. The summed E-state index contributed by atoms with van der Waals surface area (Å²) in [5.41, 5.74) is 3.96. The maximum Gasteiger partial charge on any atom is 0.154 e. The van der Waals surface area contributed by atoms with Gasteiger partial charge in [-0.2, -0.15) is 0 Å². The van der Waals surface area contributed by atoms with Crippen LogP contribution >= 0.6 is 0 Å². The van der Waals surface area contributed by atoms with Gasteiger partial charge in [0.05, 0.1) is 24.1 Å². The van der Waals surface area contributed by atoms with E-state index in [4.69, 9.17) is 0 Å². The molecule has 1 N–H and O–H groups in total. The fraction of sp³-hybridized carbons (Fsp3) is 0.214. The van der Waals surface area contributed by atoms with Gasteiger partial charge in [0.2, 0.25) is 0 Å². The molecule has 3 rings (SSSR count). The summed E-state index contributed by atoms with van der Waals surface area (Å²) >= 11 is 0. The van der Waals surface area contributed by atoms with Crippen molar-refractivity contribution in [1.29, 1.82) is 0 Å². The lowest BCUT2D eigenvalue weighted by Crippen LogP contribution is -2.04. The molecule has 0 spiro atoms. The highest BCUT2D eigenvalue weighted by Crippen LogP contribution is 2.18. The van der Waals surface area contributed by atoms with E-state index in [9.17, 15) is 0 Å². The van der Waals surface area contributed by atoms with E-state index in [2.05, 4.69) is 20.3 Å². The van der Waals surface area contributed by atoms with Crippen molar-refractivity contribution < 1.29 is 0 Å². The van der Waals surface area contributed by atoms with Gasteiger partial charge in [0.25, 0.3) is 0 Å². The monoisotopic (exact) mass is 253 g/mol. The molecular weight excluding hydrogens is 238 g/mol. The number of aryl methyl sites for hydroxylation is 2. The average Bonchev–Trinajstić information content (AvgIpc) is 2.79. The van der Waals surface area contributed by atoms with Crippen LogP contribution in [-0.4, -0.2) is 19.5 Å². The smallest absolute Gasteiger partial charge is 0.154 e. The Labute approximate surface area is 111 Å². The van der Waals surface area contributed by atoms with Crippen LogP contribution in [0.3, 0.4) is 0 Å². The first-order chi connectivity index (χ1) is 9.24. The molecule has 19 heavy (non-hydrogen) atoms. The van der Waals surface area contributed by atoms with Gasteiger partial charge in [-0.25, -0.2) is 9.97 Å². The molecule has 0 saturated carbocycles. The van der Waals surface area contributed by atoms with Crippen LogP contribution in [0.5, 0.6) is 0 Å². The number of fused-ring (bicyclic) bond motifs is 1. The van der Waals surface area contributed by atoms with Crippen molar-refractivity contribution in [1.82, 2.24) is 19.5 Å². The molecule has 0 saturated heterocycles. The van der Waals surface area contributed by atoms with Crippen molar-refractivity contribution in [3.05, 3.63) is 48.2 Å². The highest BCUT2D eigenvalue weighted by Gasteiger charge is 2.06. The molecule has 3 aromatic heterocycles. The number of nitrogens with one attached hydrogen (secondary N) is 1. The third kappa shape index (κ3) is 2.27. The third-order valence-electron chi connectivity index (χ3n) is 3.03. The summed E-state index contributed by atoms with van der Waals surface area (Å²) in [7, 11) is 1.97. The number of imidazole rings is 1. The number of aromatic nitrogens is 4. The summed E-state index contributed by atoms with van der Waals surface area (Å²) in [5.74, 6) is 0.793. The molecule has 0 aliphatic carbocycles. The predicted molar refractivity (Wildman–Crippen MR) is 74.8 cm³/mol. The second-order valence-corrected chi connectivity index (χ2v) is 4.51. The van der Waals surface area contributed by atoms with Crippen molar-refractivity contribution in [2.45, 2.75) is 13.5 Å². The Morgan fingerprint density at radius 1 is 1.21 bits per heavy atom. The maximum atomic E-state index is 4.46. The molecule has 0 aliphatic rings. The van der Waals surface area contributed by atoms with E-state index < -0.39 is 0 Å². The normalized spacial score (nSPS) is 10.8. The second-order valence-electron chi connectivity index (χ2n) is 4.51. The molecule has 3 aromatic rings. The third-order valence-corrected chi connectivity index (χ3v) is 3.03. The Hall–Kier alpha value is -2.43. The summed E-state index contributed by atoms with van der Waals surface area (Å²) in [6, 6.07) is 7.95. The lowest BCUT2D eigenvalue weighted by atomic mass is 10.3. The van der Waals surface area contributed by atoms with E-state index in [0.29, 0.717) is 6.54 Å². The Kier molecular flexibility index (Phi) is 2.87. The van der Waals surface area contributed by atoms with Crippen molar-refractivity contribution in [2.75, 3.05) is 5.32 Å². The standard InChI is InChI=1S/C14H15N5/c1-10-4-3-5-11(18-10)8-16-14-13-12(6-7-15-14)19(2)9-17-13/h3-7,9H,8H2,1-2H3,(H,15,16). The zero-order valence-corrected chi connectivity index (χ0v) is 11.0. The van der Waals surface area contributed by atoms with E-state index in [-0.39, 0.29) is 0 Å². The molecule has 0 amide bonds. The molecule has 0 unspecified atom stereocenters. The van der Waals surface area contributed by atoms with Gasteiger partial charge in [-0.15, -0.1) is 0 Å². The number of nitrogens with zero attached hydrogens (tertiary/aromatic N) is 4. The first kappa shape index (κ1) is 11.6. The Morgan fingerprint density at radius 2 is 2.11 bits per heavy atom. The van der Waals surface area contributed by atoms with Crippen molar-refractivity contribution in [3.8, 4) is 0 Å². The predicted octanol–water partition coefficient (Wildman–Crippen LogP) is 2.28. The molecule has 3 heterocycles. The van der Waals surface area contributed by atoms with Crippen LogP contribution in [-0.2, 0) is 13.6 Å². The quantitative estimate of drug-likeness (QED) is 0.778. The second kappa shape index (κ2) is 4.68. The average molecular weight is 253 g/mol. The van der Waals surface area contributed by atoms with E-state index >= 15 is 0 Å². The highest BCUT2D eigenvalue weighted by atomic mass is 15.1. The lowest BCUT2D eigenvalue weighted by molar-refractivity contribution is 0.947. The van der Waals surface area contributed by atoms with Gasteiger partial charge in [-0.05, 0) is 25.1 Å². The number of anilines is 1. The number of pyridine rings is 2. The van der Waals surface area contributed by atoms with Crippen LogP contribution in [0, 0.1) is 6.92 Å². The van der Waals surface area contributed by atoms with Gasteiger partial charge in [0.15, 0.2) is 5.82 Å². The molecule has 5 nitrogen and oxygen atoms in total. The first-order valence-corrected chi connectivity index (χ1v) is 6.16. The van der Waals surface area contributed by atoms with Crippen LogP contribution in [0.4, 0.5) is 5.82 Å². The molecule has 0 radical (unpaired) electrons. The van der Waals surface area contributed by atoms with Gasteiger partial charge >= 0.3 is 0 Å². The van der Waals surface area contributed by atoms with Crippen molar-refractivity contribution in [2.24, 2.45) is 7.05 Å². The van der Waals surface area contributed by atoms with Gasteiger partial charge in [-0.1, -0.05) is 6.07 Å². The molecule has 0 aromatic carbocycles. The minimum atomic E-state index is 0.643. The topological polar surface area (TPSA) is 55.6 Å². The highest BCUT2D eigenvalue weighted by molar-refractivity contribution is 5.85. The van der Waals surface area contributed by atoms with Gasteiger partial charge in [0.1, 0.15) is 5.52 Å². The van der Waals surface area contributed by atoms with Gasteiger partial charge in [0, 0.05) is 18.9 Å². The molecular formula is C14H15N5. The van der Waals surface area contributed by atoms with Crippen molar-refractivity contribution in [3.63, 3.8) is 0 Å². The minimum absolute atomic E-state index is 0.643. The Morgan fingerprint density at radius 3 is 2.95 bits per heavy atom. The maximum absolute atomic E-state index is 4.46. The summed E-state index contributed by atoms with van der Waals surface area (Å²) < 4.78 is 1.98. The van der Waals surface area contributed by atoms with E-state index in [0.717, 1.165) is 28.2 Å². The van der Waals surface area contributed by atoms with Crippen LogP contribution < -0.4 is 5.32 Å². The summed E-state index contributed by atoms with van der Waals surface area (Å²) in [5, 5.41) is 3.30. The summed E-state index contributed by atoms with van der Waals surface area (Å²) in [4.78, 5) is 13.2. The van der Waals surface area contributed by atoms with Crippen LogP contribution in [0.1, 0.15) is 11.4 Å². The molecule has 96 valence electrons. The summed E-state index contributed by atoms with van der Waals surface area (Å²) in [6.07, 6.45) is 3.58. The summed E-state index contributed by atoms with van der Waals surface area (Å²) in [6.45, 7) is 2.63. The first-order valence-electron chi connectivity index (χ1n) is 6.16. The van der Waals surface area contributed by atoms with Crippen LogP contribution in [0.2, 0.25) is 0 Å². The fourth-order valence-electron chi connectivity index (χ4n) is 2.06. The molecule has 0 bridgehead atoms. The van der Waals surface area contributed by atoms with Crippen LogP contribution in [0.15, 0.2) is 36.8 Å². The SMILES string of the molecule is Cc1cccc(CNc2nccc3c2ncn3C)n1. The number of hydrogen-bond donors (Lipinski definition) is 1. The zero-order valence-electron chi connectivity index (χ0n) is 11.0. The van der Waals surface area contributed by atoms with E-state index in [1.807, 2.05) is 42.8 Å². The fourth-order valence-corrected chi connectivity index (χ4v) is 2.06. The minimum Gasteiger partial charge on any atom is -0.363 e. The Bertz CT molecular complexity index is 717.